The van der Waals surface area contributed by atoms with Gasteiger partial charge in [-0.15, -0.1) is 0 Å². The molecule has 1 atom stereocenters. The summed E-state index contributed by atoms with van der Waals surface area (Å²) < 4.78 is 28.7. The highest BCUT2D eigenvalue weighted by molar-refractivity contribution is 5.21. The lowest BCUT2D eigenvalue weighted by Gasteiger charge is -2.19. The fourth-order valence-corrected chi connectivity index (χ4v) is 2.21. The fraction of sp³-hybridized carbons (Fsp3) is 0.400. The third-order valence-corrected chi connectivity index (χ3v) is 3.29. The number of nitrogens with one attached hydrogen (secondary N) is 1. The van der Waals surface area contributed by atoms with Crippen molar-refractivity contribution in [1.82, 2.24) is 14.9 Å². The quantitative estimate of drug-likeness (QED) is 0.881. The summed E-state index contributed by atoms with van der Waals surface area (Å²) in [5.74, 6) is -1.06. The van der Waals surface area contributed by atoms with E-state index in [0.29, 0.717) is 12.0 Å². The van der Waals surface area contributed by atoms with Gasteiger partial charge in [0.2, 0.25) is 0 Å². The highest BCUT2D eigenvalue weighted by atomic mass is 19.1. The van der Waals surface area contributed by atoms with Gasteiger partial charge >= 0.3 is 0 Å². The summed E-state index contributed by atoms with van der Waals surface area (Å²) >= 11 is 0. The molecule has 0 amide bonds. The standard InChI is InChI=1S/C15H19F2N3/c1-3-6-19-14(15-9-18-10-20(15)2)7-11-4-5-12(16)8-13(11)17/h4-5,8-10,14,19H,3,6-7H2,1-2H3. The van der Waals surface area contributed by atoms with E-state index in [-0.39, 0.29) is 6.04 Å². The second-order valence-electron chi connectivity index (χ2n) is 4.88. The number of rotatable bonds is 6. The van der Waals surface area contributed by atoms with E-state index in [2.05, 4.69) is 17.2 Å². The van der Waals surface area contributed by atoms with Gasteiger partial charge in [0.05, 0.1) is 18.1 Å². The van der Waals surface area contributed by atoms with Crippen LogP contribution in [0.4, 0.5) is 8.78 Å². The van der Waals surface area contributed by atoms with Gasteiger partial charge < -0.3 is 9.88 Å². The molecule has 0 fully saturated rings. The molecule has 0 aliphatic carbocycles. The predicted octanol–water partition coefficient (Wildman–Crippen LogP) is 2.98. The van der Waals surface area contributed by atoms with Crippen LogP contribution in [0, 0.1) is 11.6 Å². The smallest absolute Gasteiger partial charge is 0.129 e. The van der Waals surface area contributed by atoms with Crippen molar-refractivity contribution in [3.63, 3.8) is 0 Å². The van der Waals surface area contributed by atoms with Crippen molar-refractivity contribution in [3.05, 3.63) is 53.6 Å². The number of hydrogen-bond acceptors (Lipinski definition) is 2. The first-order chi connectivity index (χ1) is 9.61. The Morgan fingerprint density at radius 1 is 1.35 bits per heavy atom. The van der Waals surface area contributed by atoms with Crippen LogP contribution in [0.2, 0.25) is 0 Å². The first kappa shape index (κ1) is 14.7. The second-order valence-corrected chi connectivity index (χ2v) is 4.88. The summed E-state index contributed by atoms with van der Waals surface area (Å²) in [6.07, 6.45) is 4.94. The molecule has 0 aliphatic rings. The first-order valence-electron chi connectivity index (χ1n) is 6.75. The van der Waals surface area contributed by atoms with Gasteiger partial charge in [0.25, 0.3) is 0 Å². The van der Waals surface area contributed by atoms with Crippen LogP contribution in [0.1, 0.15) is 30.6 Å². The first-order valence-corrected chi connectivity index (χ1v) is 6.75. The molecule has 1 N–H and O–H groups in total. The van der Waals surface area contributed by atoms with E-state index in [4.69, 9.17) is 0 Å². The Morgan fingerprint density at radius 3 is 2.75 bits per heavy atom. The van der Waals surface area contributed by atoms with Crippen molar-refractivity contribution in [2.24, 2.45) is 7.05 Å². The van der Waals surface area contributed by atoms with Crippen LogP contribution in [0.3, 0.4) is 0 Å². The summed E-state index contributed by atoms with van der Waals surface area (Å²) in [5, 5.41) is 3.38. The zero-order valence-corrected chi connectivity index (χ0v) is 11.7. The van der Waals surface area contributed by atoms with E-state index >= 15 is 0 Å². The van der Waals surface area contributed by atoms with Gasteiger partial charge in [-0.05, 0) is 31.0 Å². The van der Waals surface area contributed by atoms with Gasteiger partial charge in [-0.25, -0.2) is 13.8 Å². The van der Waals surface area contributed by atoms with E-state index in [1.54, 1.807) is 12.5 Å². The van der Waals surface area contributed by atoms with Crippen LogP contribution in [0.5, 0.6) is 0 Å². The molecule has 2 aromatic rings. The molecule has 0 radical (unpaired) electrons. The van der Waals surface area contributed by atoms with E-state index in [1.165, 1.54) is 12.1 Å². The minimum absolute atomic E-state index is 0.0394. The van der Waals surface area contributed by atoms with Crippen LogP contribution in [-0.4, -0.2) is 16.1 Å². The molecule has 0 spiro atoms. The van der Waals surface area contributed by atoms with Crippen molar-refractivity contribution in [1.29, 1.82) is 0 Å². The molecule has 1 aromatic heterocycles. The predicted molar refractivity (Wildman–Crippen MR) is 74.3 cm³/mol. The Labute approximate surface area is 117 Å². The molecule has 0 saturated heterocycles. The molecular formula is C15H19F2N3. The number of nitrogens with zero attached hydrogens (tertiary/aromatic N) is 2. The highest BCUT2D eigenvalue weighted by Gasteiger charge is 2.17. The topological polar surface area (TPSA) is 29.9 Å². The molecule has 0 saturated carbocycles. The van der Waals surface area contributed by atoms with Crippen LogP contribution < -0.4 is 5.32 Å². The summed E-state index contributed by atoms with van der Waals surface area (Å²) in [6.45, 7) is 2.91. The minimum atomic E-state index is -0.551. The zero-order valence-electron chi connectivity index (χ0n) is 11.7. The van der Waals surface area contributed by atoms with Gasteiger partial charge in [-0.3, -0.25) is 0 Å². The van der Waals surface area contributed by atoms with E-state index in [9.17, 15) is 8.78 Å². The van der Waals surface area contributed by atoms with Crippen LogP contribution in [0.15, 0.2) is 30.7 Å². The maximum Gasteiger partial charge on any atom is 0.129 e. The van der Waals surface area contributed by atoms with Crippen molar-refractivity contribution in [3.8, 4) is 0 Å². The average molecular weight is 279 g/mol. The number of imidazole rings is 1. The Balaban J connectivity index is 2.21. The molecular weight excluding hydrogens is 260 g/mol. The van der Waals surface area contributed by atoms with E-state index < -0.39 is 11.6 Å². The molecule has 0 aliphatic heterocycles. The molecule has 0 bridgehead atoms. The SMILES string of the molecule is CCCNC(Cc1ccc(F)cc1F)c1cncn1C. The molecule has 3 nitrogen and oxygen atoms in total. The summed E-state index contributed by atoms with van der Waals surface area (Å²) in [5.41, 5.74) is 1.49. The molecule has 2 rings (SSSR count). The Kier molecular flexibility index (Phi) is 4.84. The lowest BCUT2D eigenvalue weighted by molar-refractivity contribution is 0.489. The largest absolute Gasteiger partial charge is 0.336 e. The lowest BCUT2D eigenvalue weighted by Crippen LogP contribution is -2.26. The fourth-order valence-electron chi connectivity index (χ4n) is 2.21. The normalized spacial score (nSPS) is 12.6. The van der Waals surface area contributed by atoms with Crippen molar-refractivity contribution in [2.45, 2.75) is 25.8 Å². The summed E-state index contributed by atoms with van der Waals surface area (Å²) in [4.78, 5) is 4.10. The van der Waals surface area contributed by atoms with Crippen molar-refractivity contribution in [2.75, 3.05) is 6.54 Å². The number of benzene rings is 1. The third kappa shape index (κ3) is 3.42. The minimum Gasteiger partial charge on any atom is -0.336 e. The van der Waals surface area contributed by atoms with Crippen LogP contribution in [0.25, 0.3) is 0 Å². The Bertz CT molecular complexity index is 566. The molecule has 1 aromatic carbocycles. The van der Waals surface area contributed by atoms with Crippen molar-refractivity contribution >= 4 is 0 Å². The average Bonchev–Trinajstić information content (AvgIpc) is 2.83. The maximum atomic E-state index is 13.8. The van der Waals surface area contributed by atoms with Gasteiger partial charge in [0.1, 0.15) is 11.6 Å². The van der Waals surface area contributed by atoms with Gasteiger partial charge in [0.15, 0.2) is 0 Å². The zero-order chi connectivity index (χ0) is 14.5. The molecule has 108 valence electrons. The third-order valence-electron chi connectivity index (χ3n) is 3.29. The maximum absolute atomic E-state index is 13.8. The number of halogens is 2. The highest BCUT2D eigenvalue weighted by Crippen LogP contribution is 2.20. The molecule has 20 heavy (non-hydrogen) atoms. The second kappa shape index (κ2) is 6.61. The molecule has 1 heterocycles. The van der Waals surface area contributed by atoms with Gasteiger partial charge in [-0.2, -0.15) is 0 Å². The Hall–Kier alpha value is -1.75. The summed E-state index contributed by atoms with van der Waals surface area (Å²) in [6, 6.07) is 3.68. The van der Waals surface area contributed by atoms with Crippen LogP contribution >= 0.6 is 0 Å². The Morgan fingerprint density at radius 2 is 2.15 bits per heavy atom. The van der Waals surface area contributed by atoms with Crippen LogP contribution in [-0.2, 0) is 13.5 Å². The number of aryl methyl sites for hydroxylation is 1. The number of hydrogen-bond donors (Lipinski definition) is 1. The van der Waals surface area contributed by atoms with E-state index in [1.807, 2.05) is 11.6 Å². The van der Waals surface area contributed by atoms with Gasteiger partial charge in [0, 0.05) is 19.3 Å². The van der Waals surface area contributed by atoms with Crippen molar-refractivity contribution < 1.29 is 8.78 Å². The monoisotopic (exact) mass is 279 g/mol. The summed E-state index contributed by atoms with van der Waals surface area (Å²) in [7, 11) is 1.91. The van der Waals surface area contributed by atoms with E-state index in [0.717, 1.165) is 24.7 Å². The number of aromatic nitrogens is 2. The van der Waals surface area contributed by atoms with Gasteiger partial charge in [-0.1, -0.05) is 13.0 Å². The lowest BCUT2D eigenvalue weighted by atomic mass is 10.0. The molecule has 5 heteroatoms. The molecule has 1 unspecified atom stereocenters.